The molecule has 100 valence electrons. The molecule has 0 N–H and O–H groups in total. The lowest BCUT2D eigenvalue weighted by Gasteiger charge is -2.25. The Labute approximate surface area is 117 Å². The van der Waals surface area contributed by atoms with Crippen molar-refractivity contribution in [3.8, 4) is 0 Å². The Morgan fingerprint density at radius 3 is 2.95 bits per heavy atom. The number of anilines is 1. The van der Waals surface area contributed by atoms with E-state index in [0.29, 0.717) is 6.04 Å². The van der Waals surface area contributed by atoms with Gasteiger partial charge in [0.25, 0.3) is 0 Å². The number of hydrogen-bond acceptors (Lipinski definition) is 4. The van der Waals surface area contributed by atoms with Gasteiger partial charge in [-0.15, -0.1) is 11.3 Å². The molecule has 2 aliphatic rings. The fraction of sp³-hybridized carbons (Fsp3) is 0.600. The molecule has 1 saturated heterocycles. The summed E-state index contributed by atoms with van der Waals surface area (Å²) in [6, 6.07) is 0.593. The highest BCUT2D eigenvalue weighted by Crippen LogP contribution is 2.41. The molecule has 19 heavy (non-hydrogen) atoms. The predicted molar refractivity (Wildman–Crippen MR) is 80.0 cm³/mol. The summed E-state index contributed by atoms with van der Waals surface area (Å²) in [5, 5.41) is 1.36. The molecule has 3 heterocycles. The third-order valence-electron chi connectivity index (χ3n) is 4.89. The van der Waals surface area contributed by atoms with Crippen LogP contribution in [0.25, 0.3) is 10.2 Å². The number of rotatable bonds is 1. The van der Waals surface area contributed by atoms with Gasteiger partial charge in [0.05, 0.1) is 5.39 Å². The topological polar surface area (TPSA) is 29.0 Å². The van der Waals surface area contributed by atoms with Gasteiger partial charge >= 0.3 is 0 Å². The molecular weight excluding hydrogens is 254 g/mol. The van der Waals surface area contributed by atoms with Crippen molar-refractivity contribution in [1.29, 1.82) is 0 Å². The third kappa shape index (κ3) is 1.62. The zero-order valence-corrected chi connectivity index (χ0v) is 12.3. The number of hydrogen-bond donors (Lipinski definition) is 0. The summed E-state index contributed by atoms with van der Waals surface area (Å²) in [4.78, 5) is 14.4. The molecule has 0 bridgehead atoms. The first kappa shape index (κ1) is 11.6. The van der Waals surface area contributed by atoms with Crippen LogP contribution in [-0.4, -0.2) is 22.6 Å². The zero-order chi connectivity index (χ0) is 13.0. The molecule has 2 atom stereocenters. The van der Waals surface area contributed by atoms with Gasteiger partial charge in [0.2, 0.25) is 0 Å². The maximum Gasteiger partial charge on any atom is 0.141 e. The average molecular weight is 273 g/mol. The Kier molecular flexibility index (Phi) is 2.56. The monoisotopic (exact) mass is 273 g/mol. The molecule has 0 saturated carbocycles. The number of nitrogens with zero attached hydrogens (tertiary/aromatic N) is 3. The largest absolute Gasteiger partial charge is 0.353 e. The van der Waals surface area contributed by atoms with E-state index in [-0.39, 0.29) is 0 Å². The Morgan fingerprint density at radius 1 is 1.26 bits per heavy atom. The molecule has 0 amide bonds. The van der Waals surface area contributed by atoms with Gasteiger partial charge in [-0.05, 0) is 44.1 Å². The van der Waals surface area contributed by atoms with Crippen molar-refractivity contribution in [3.63, 3.8) is 0 Å². The second kappa shape index (κ2) is 4.17. The standard InChI is InChI=1S/C15H19N3S/c1-9-6-7-18(10(9)2)14-13-11-4-3-5-12(11)19-15(13)17-8-16-14/h8-10H,3-7H2,1-2H3. The van der Waals surface area contributed by atoms with E-state index in [1.165, 1.54) is 41.7 Å². The van der Waals surface area contributed by atoms with E-state index < -0.39 is 0 Å². The van der Waals surface area contributed by atoms with Crippen molar-refractivity contribution in [3.05, 3.63) is 16.8 Å². The average Bonchev–Trinajstić information content (AvgIpc) is 3.05. The Morgan fingerprint density at radius 2 is 2.16 bits per heavy atom. The van der Waals surface area contributed by atoms with E-state index in [4.69, 9.17) is 0 Å². The Balaban J connectivity index is 1.90. The highest BCUT2D eigenvalue weighted by molar-refractivity contribution is 7.19. The summed E-state index contributed by atoms with van der Waals surface area (Å²) in [5.74, 6) is 1.96. The summed E-state index contributed by atoms with van der Waals surface area (Å²) in [5.41, 5.74) is 1.54. The van der Waals surface area contributed by atoms with Crippen molar-refractivity contribution in [1.82, 2.24) is 9.97 Å². The summed E-state index contributed by atoms with van der Waals surface area (Å²) in [7, 11) is 0. The van der Waals surface area contributed by atoms with Gasteiger partial charge in [-0.1, -0.05) is 6.92 Å². The van der Waals surface area contributed by atoms with E-state index in [2.05, 4.69) is 28.7 Å². The minimum absolute atomic E-state index is 0.593. The minimum Gasteiger partial charge on any atom is -0.353 e. The van der Waals surface area contributed by atoms with Gasteiger partial charge in [0, 0.05) is 17.5 Å². The SMILES string of the molecule is CC1CCN(c2ncnc3sc4c(c23)CCC4)C1C. The van der Waals surface area contributed by atoms with E-state index in [1.807, 2.05) is 11.3 Å². The number of fused-ring (bicyclic) bond motifs is 3. The van der Waals surface area contributed by atoms with Gasteiger partial charge < -0.3 is 4.90 Å². The molecule has 1 aliphatic heterocycles. The van der Waals surface area contributed by atoms with Crippen molar-refractivity contribution in [2.75, 3.05) is 11.4 Å². The zero-order valence-electron chi connectivity index (χ0n) is 11.5. The number of aryl methyl sites for hydroxylation is 2. The molecule has 2 unspecified atom stereocenters. The first-order chi connectivity index (χ1) is 9.25. The van der Waals surface area contributed by atoms with Crippen molar-refractivity contribution in [2.45, 2.75) is 45.6 Å². The van der Waals surface area contributed by atoms with E-state index in [9.17, 15) is 0 Å². The number of aromatic nitrogens is 2. The van der Waals surface area contributed by atoms with Crippen molar-refractivity contribution < 1.29 is 0 Å². The highest BCUT2D eigenvalue weighted by atomic mass is 32.1. The molecule has 4 rings (SSSR count). The summed E-state index contributed by atoms with van der Waals surface area (Å²) in [6.07, 6.45) is 6.78. The highest BCUT2D eigenvalue weighted by Gasteiger charge is 2.31. The van der Waals surface area contributed by atoms with Crippen LogP contribution in [0.1, 0.15) is 37.1 Å². The van der Waals surface area contributed by atoms with E-state index in [1.54, 1.807) is 16.8 Å². The van der Waals surface area contributed by atoms with Crippen LogP contribution >= 0.6 is 11.3 Å². The molecule has 1 aliphatic carbocycles. The fourth-order valence-corrected chi connectivity index (χ4v) is 4.75. The summed E-state index contributed by atoms with van der Waals surface area (Å²) < 4.78 is 0. The summed E-state index contributed by atoms with van der Waals surface area (Å²) in [6.45, 7) is 5.82. The third-order valence-corrected chi connectivity index (χ3v) is 6.09. The van der Waals surface area contributed by atoms with Gasteiger partial charge in [-0.3, -0.25) is 0 Å². The van der Waals surface area contributed by atoms with E-state index in [0.717, 1.165) is 12.5 Å². The van der Waals surface area contributed by atoms with Gasteiger partial charge in [0.15, 0.2) is 0 Å². The molecule has 2 aromatic heterocycles. The van der Waals surface area contributed by atoms with Crippen LogP contribution in [-0.2, 0) is 12.8 Å². The minimum atomic E-state index is 0.593. The maximum absolute atomic E-state index is 4.64. The van der Waals surface area contributed by atoms with Crippen LogP contribution in [0.15, 0.2) is 6.33 Å². The van der Waals surface area contributed by atoms with Gasteiger partial charge in [-0.2, -0.15) is 0 Å². The van der Waals surface area contributed by atoms with E-state index >= 15 is 0 Å². The molecule has 2 aromatic rings. The van der Waals surface area contributed by atoms with Crippen LogP contribution in [0.3, 0.4) is 0 Å². The smallest absolute Gasteiger partial charge is 0.141 e. The van der Waals surface area contributed by atoms with Crippen LogP contribution in [0.4, 0.5) is 5.82 Å². The molecule has 0 radical (unpaired) electrons. The van der Waals surface area contributed by atoms with Crippen LogP contribution in [0.5, 0.6) is 0 Å². The van der Waals surface area contributed by atoms with Crippen LogP contribution < -0.4 is 4.90 Å². The van der Waals surface area contributed by atoms with Crippen molar-refractivity contribution >= 4 is 27.4 Å². The molecule has 4 heteroatoms. The molecular formula is C15H19N3S. The molecule has 3 nitrogen and oxygen atoms in total. The molecule has 1 fully saturated rings. The maximum atomic E-state index is 4.64. The first-order valence-electron chi connectivity index (χ1n) is 7.27. The lowest BCUT2D eigenvalue weighted by atomic mass is 10.1. The van der Waals surface area contributed by atoms with Crippen molar-refractivity contribution in [2.24, 2.45) is 5.92 Å². The fourth-order valence-electron chi connectivity index (χ4n) is 3.52. The Hall–Kier alpha value is -1.16. The predicted octanol–water partition coefficient (Wildman–Crippen LogP) is 3.41. The normalized spacial score (nSPS) is 26.3. The van der Waals surface area contributed by atoms with Crippen LogP contribution in [0, 0.1) is 5.92 Å². The summed E-state index contributed by atoms with van der Waals surface area (Å²) >= 11 is 1.88. The number of thiophene rings is 1. The lowest BCUT2D eigenvalue weighted by Crippen LogP contribution is -2.30. The second-order valence-electron chi connectivity index (χ2n) is 5.93. The van der Waals surface area contributed by atoms with Gasteiger partial charge in [0.1, 0.15) is 17.0 Å². The molecule has 0 aromatic carbocycles. The lowest BCUT2D eigenvalue weighted by molar-refractivity contribution is 0.545. The molecule has 0 spiro atoms. The van der Waals surface area contributed by atoms with Gasteiger partial charge in [-0.25, -0.2) is 9.97 Å². The second-order valence-corrected chi connectivity index (χ2v) is 7.02. The quantitative estimate of drug-likeness (QED) is 0.797. The first-order valence-corrected chi connectivity index (χ1v) is 8.09. The Bertz CT molecular complexity index is 634. The van der Waals surface area contributed by atoms with Crippen LogP contribution in [0.2, 0.25) is 0 Å².